The van der Waals surface area contributed by atoms with E-state index in [-0.39, 0.29) is 29.5 Å². The van der Waals surface area contributed by atoms with E-state index in [9.17, 15) is 4.79 Å². The summed E-state index contributed by atoms with van der Waals surface area (Å²) in [5.41, 5.74) is 0.0597. The third-order valence-corrected chi connectivity index (χ3v) is 3.76. The van der Waals surface area contributed by atoms with E-state index in [0.717, 1.165) is 57.9 Å². The van der Waals surface area contributed by atoms with Crippen LogP contribution in [0.2, 0.25) is 0 Å². The molecule has 0 aromatic carbocycles. The number of aliphatic imine (C=N–C) groups is 1. The molecular weight excluding hydrogens is 407 g/mol. The first-order valence-electron chi connectivity index (χ1n) is 8.01. The number of guanidine groups is 1. The second kappa shape index (κ2) is 11.4. The van der Waals surface area contributed by atoms with Crippen LogP contribution in [0.3, 0.4) is 0 Å². The highest BCUT2D eigenvalue weighted by Gasteiger charge is 2.15. The third-order valence-electron chi connectivity index (χ3n) is 3.76. The van der Waals surface area contributed by atoms with E-state index >= 15 is 0 Å². The maximum Gasteiger partial charge on any atom is 0.250 e. The van der Waals surface area contributed by atoms with Gasteiger partial charge < -0.3 is 19.9 Å². The summed E-state index contributed by atoms with van der Waals surface area (Å²) in [4.78, 5) is 15.8. The first-order chi connectivity index (χ1) is 10.8. The smallest absolute Gasteiger partial charge is 0.250 e. The Morgan fingerprint density at radius 2 is 2.26 bits per heavy atom. The first kappa shape index (κ1) is 20.0. The molecule has 1 aliphatic heterocycles. The van der Waals surface area contributed by atoms with E-state index < -0.39 is 0 Å². The number of nitrogens with zero attached hydrogens (tertiary/aromatic N) is 2. The van der Waals surface area contributed by atoms with E-state index in [1.165, 1.54) is 0 Å². The van der Waals surface area contributed by atoms with E-state index in [0.29, 0.717) is 6.10 Å². The SMILES string of the molecule is CN=C(NCCCCn1ccccc1=O)NCC1CCCO1.I. The Hall–Kier alpha value is -1.09. The predicted octanol–water partition coefficient (Wildman–Crippen LogP) is 1.59. The number of ether oxygens (including phenoxy) is 1. The summed E-state index contributed by atoms with van der Waals surface area (Å²) in [5, 5.41) is 6.58. The van der Waals surface area contributed by atoms with Crippen LogP contribution in [0.4, 0.5) is 0 Å². The topological polar surface area (TPSA) is 67.7 Å². The Kier molecular flexibility index (Phi) is 9.93. The average molecular weight is 434 g/mol. The number of halogens is 1. The lowest BCUT2D eigenvalue weighted by molar-refractivity contribution is 0.114. The number of pyridine rings is 1. The van der Waals surface area contributed by atoms with Gasteiger partial charge in [-0.3, -0.25) is 9.79 Å². The maximum atomic E-state index is 11.6. The van der Waals surface area contributed by atoms with Crippen molar-refractivity contribution in [3.05, 3.63) is 34.7 Å². The minimum Gasteiger partial charge on any atom is -0.376 e. The minimum absolute atomic E-state index is 0. The van der Waals surface area contributed by atoms with Crippen LogP contribution < -0.4 is 16.2 Å². The largest absolute Gasteiger partial charge is 0.376 e. The Labute approximate surface area is 154 Å². The van der Waals surface area contributed by atoms with E-state index in [4.69, 9.17) is 4.74 Å². The van der Waals surface area contributed by atoms with Crippen molar-refractivity contribution in [3.8, 4) is 0 Å². The Morgan fingerprint density at radius 1 is 1.39 bits per heavy atom. The van der Waals surface area contributed by atoms with Crippen LogP contribution in [-0.4, -0.2) is 43.4 Å². The van der Waals surface area contributed by atoms with Gasteiger partial charge in [0, 0.05) is 45.6 Å². The molecule has 1 atom stereocenters. The highest BCUT2D eigenvalue weighted by Crippen LogP contribution is 2.10. The van der Waals surface area contributed by atoms with Crippen LogP contribution in [0.1, 0.15) is 25.7 Å². The molecule has 1 unspecified atom stereocenters. The van der Waals surface area contributed by atoms with Gasteiger partial charge in [0.2, 0.25) is 5.56 Å². The van der Waals surface area contributed by atoms with Crippen LogP contribution >= 0.6 is 24.0 Å². The van der Waals surface area contributed by atoms with E-state index in [1.54, 1.807) is 23.7 Å². The molecular formula is C16H27IN4O2. The van der Waals surface area contributed by atoms with Gasteiger partial charge in [-0.15, -0.1) is 24.0 Å². The molecule has 130 valence electrons. The fourth-order valence-electron chi connectivity index (χ4n) is 2.50. The zero-order valence-electron chi connectivity index (χ0n) is 13.7. The van der Waals surface area contributed by atoms with Crippen molar-refractivity contribution < 1.29 is 4.74 Å². The van der Waals surface area contributed by atoms with Crippen LogP contribution in [0.5, 0.6) is 0 Å². The second-order valence-electron chi connectivity index (χ2n) is 5.45. The van der Waals surface area contributed by atoms with Gasteiger partial charge in [0.1, 0.15) is 0 Å². The van der Waals surface area contributed by atoms with Crippen molar-refractivity contribution in [1.29, 1.82) is 0 Å². The number of unbranched alkanes of at least 4 members (excludes halogenated alkanes) is 1. The van der Waals surface area contributed by atoms with Gasteiger partial charge in [-0.1, -0.05) is 6.07 Å². The van der Waals surface area contributed by atoms with Gasteiger partial charge in [-0.05, 0) is 31.7 Å². The Morgan fingerprint density at radius 3 is 2.96 bits per heavy atom. The van der Waals surface area contributed by atoms with E-state index in [2.05, 4.69) is 15.6 Å². The van der Waals surface area contributed by atoms with Crippen molar-refractivity contribution in [3.63, 3.8) is 0 Å². The summed E-state index contributed by atoms with van der Waals surface area (Å²) in [7, 11) is 1.77. The fraction of sp³-hybridized carbons (Fsp3) is 0.625. The predicted molar refractivity (Wildman–Crippen MR) is 104 cm³/mol. The molecule has 1 aromatic heterocycles. The lowest BCUT2D eigenvalue weighted by Gasteiger charge is -2.15. The van der Waals surface area contributed by atoms with Crippen LogP contribution in [0.15, 0.2) is 34.2 Å². The summed E-state index contributed by atoms with van der Waals surface area (Å²) in [6.07, 6.45) is 6.36. The minimum atomic E-state index is 0. The lowest BCUT2D eigenvalue weighted by atomic mass is 10.2. The first-order valence-corrected chi connectivity index (χ1v) is 8.01. The quantitative estimate of drug-likeness (QED) is 0.296. The number of hydrogen-bond acceptors (Lipinski definition) is 3. The van der Waals surface area contributed by atoms with Crippen LogP contribution in [-0.2, 0) is 11.3 Å². The lowest BCUT2D eigenvalue weighted by Crippen LogP contribution is -2.41. The van der Waals surface area contributed by atoms with Gasteiger partial charge in [0.05, 0.1) is 6.10 Å². The van der Waals surface area contributed by atoms with Crippen molar-refractivity contribution in [2.45, 2.75) is 38.3 Å². The summed E-state index contributed by atoms with van der Waals surface area (Å²) in [6.45, 7) is 3.27. The molecule has 0 spiro atoms. The van der Waals surface area contributed by atoms with Crippen molar-refractivity contribution in [2.75, 3.05) is 26.7 Å². The zero-order chi connectivity index (χ0) is 15.6. The summed E-state index contributed by atoms with van der Waals surface area (Å²) >= 11 is 0. The van der Waals surface area contributed by atoms with Gasteiger partial charge in [-0.25, -0.2) is 0 Å². The summed E-state index contributed by atoms with van der Waals surface area (Å²) < 4.78 is 7.31. The molecule has 2 N–H and O–H groups in total. The monoisotopic (exact) mass is 434 g/mol. The molecule has 1 fully saturated rings. The molecule has 7 heteroatoms. The van der Waals surface area contributed by atoms with Crippen LogP contribution in [0, 0.1) is 0 Å². The zero-order valence-corrected chi connectivity index (χ0v) is 16.0. The normalized spacial score (nSPS) is 17.6. The molecule has 0 bridgehead atoms. The number of aromatic nitrogens is 1. The molecule has 0 radical (unpaired) electrons. The molecule has 1 aliphatic rings. The van der Waals surface area contributed by atoms with E-state index in [1.807, 2.05) is 12.3 Å². The molecule has 1 aromatic rings. The maximum absolute atomic E-state index is 11.6. The molecule has 2 heterocycles. The molecule has 1 saturated heterocycles. The average Bonchev–Trinajstić information content (AvgIpc) is 3.05. The Balaban J connectivity index is 0.00000264. The number of nitrogens with one attached hydrogen (secondary N) is 2. The fourth-order valence-corrected chi connectivity index (χ4v) is 2.50. The highest BCUT2D eigenvalue weighted by atomic mass is 127. The summed E-state index contributed by atoms with van der Waals surface area (Å²) in [5.74, 6) is 0.812. The Bertz CT molecular complexity index is 527. The van der Waals surface area contributed by atoms with Crippen molar-refractivity contribution in [2.24, 2.45) is 4.99 Å². The molecule has 0 aliphatic carbocycles. The second-order valence-corrected chi connectivity index (χ2v) is 5.45. The van der Waals surface area contributed by atoms with Gasteiger partial charge in [0.15, 0.2) is 5.96 Å². The van der Waals surface area contributed by atoms with Gasteiger partial charge >= 0.3 is 0 Å². The van der Waals surface area contributed by atoms with Crippen LogP contribution in [0.25, 0.3) is 0 Å². The molecule has 6 nitrogen and oxygen atoms in total. The standard InChI is InChI=1S/C16H26N4O2.HI/c1-17-16(19-13-14-7-6-12-22-14)18-9-3-5-11-20-10-4-2-8-15(20)21;/h2,4,8,10,14H,3,5-7,9,11-13H2,1H3,(H2,17,18,19);1H. The van der Waals surface area contributed by atoms with Crippen molar-refractivity contribution in [1.82, 2.24) is 15.2 Å². The molecule has 2 rings (SSSR count). The third kappa shape index (κ3) is 7.34. The number of hydrogen-bond donors (Lipinski definition) is 2. The molecule has 0 amide bonds. The summed E-state index contributed by atoms with van der Waals surface area (Å²) in [6, 6.07) is 5.25. The van der Waals surface area contributed by atoms with Gasteiger partial charge in [0.25, 0.3) is 0 Å². The highest BCUT2D eigenvalue weighted by molar-refractivity contribution is 14.0. The number of aryl methyl sites for hydroxylation is 1. The number of rotatable bonds is 7. The molecule has 23 heavy (non-hydrogen) atoms. The van der Waals surface area contributed by atoms with Gasteiger partial charge in [-0.2, -0.15) is 0 Å². The molecule has 0 saturated carbocycles. The van der Waals surface area contributed by atoms with Crippen molar-refractivity contribution >= 4 is 29.9 Å².